The van der Waals surface area contributed by atoms with E-state index in [9.17, 15) is 4.79 Å². The van der Waals surface area contributed by atoms with Gasteiger partial charge in [0.2, 0.25) is 5.91 Å². The second-order valence-electron chi connectivity index (χ2n) is 5.21. The lowest BCUT2D eigenvalue weighted by molar-refractivity contribution is -0.118. The van der Waals surface area contributed by atoms with Crippen LogP contribution in [-0.2, 0) is 4.79 Å². The fourth-order valence-corrected chi connectivity index (χ4v) is 1.65. The molecule has 5 heteroatoms. The molecule has 0 aromatic heterocycles. The number of amides is 1. The molecule has 1 aromatic carbocycles. The molecule has 0 fully saturated rings. The van der Waals surface area contributed by atoms with Crippen LogP contribution in [0.5, 0.6) is 11.5 Å². The van der Waals surface area contributed by atoms with Gasteiger partial charge < -0.3 is 19.9 Å². The first kappa shape index (κ1) is 17.0. The van der Waals surface area contributed by atoms with Crippen molar-refractivity contribution < 1.29 is 19.4 Å². The van der Waals surface area contributed by atoms with Crippen molar-refractivity contribution in [2.45, 2.75) is 26.3 Å². The number of ether oxygens (including phenoxy) is 2. The first-order valence-electron chi connectivity index (χ1n) is 6.83. The van der Waals surface area contributed by atoms with Gasteiger partial charge in [-0.1, -0.05) is 6.07 Å². The van der Waals surface area contributed by atoms with Crippen molar-refractivity contribution >= 4 is 12.0 Å². The molecule has 0 atom stereocenters. The van der Waals surface area contributed by atoms with E-state index in [1.807, 2.05) is 13.0 Å². The largest absolute Gasteiger partial charge is 0.493 e. The molecule has 0 radical (unpaired) electrons. The Labute approximate surface area is 125 Å². The Balaban J connectivity index is 2.78. The summed E-state index contributed by atoms with van der Waals surface area (Å²) in [6.07, 6.45) is 3.10. The molecule has 5 nitrogen and oxygen atoms in total. The van der Waals surface area contributed by atoms with Crippen LogP contribution in [0.1, 0.15) is 26.3 Å². The number of aliphatic hydroxyl groups excluding tert-OH is 1. The number of aliphatic hydroxyl groups is 1. The third-order valence-corrected chi connectivity index (χ3v) is 2.77. The van der Waals surface area contributed by atoms with Crippen molar-refractivity contribution in [3.8, 4) is 11.5 Å². The predicted octanol–water partition coefficient (Wildman–Crippen LogP) is 1.99. The smallest absolute Gasteiger partial charge is 0.244 e. The van der Waals surface area contributed by atoms with E-state index in [1.54, 1.807) is 39.2 Å². The number of nitrogens with one attached hydrogen (secondary N) is 1. The minimum atomic E-state index is -0.641. The number of hydrogen-bond acceptors (Lipinski definition) is 4. The molecule has 1 amide bonds. The van der Waals surface area contributed by atoms with Crippen LogP contribution in [0.25, 0.3) is 6.08 Å². The summed E-state index contributed by atoms with van der Waals surface area (Å²) in [7, 11) is 1.57. The van der Waals surface area contributed by atoms with Crippen molar-refractivity contribution in [3.05, 3.63) is 29.8 Å². The van der Waals surface area contributed by atoms with Crippen molar-refractivity contribution in [1.82, 2.24) is 5.32 Å². The van der Waals surface area contributed by atoms with E-state index in [4.69, 9.17) is 14.6 Å². The van der Waals surface area contributed by atoms with Crippen LogP contribution in [0.2, 0.25) is 0 Å². The number of hydrogen-bond donors (Lipinski definition) is 2. The van der Waals surface area contributed by atoms with Gasteiger partial charge in [-0.25, -0.2) is 0 Å². The Bertz CT molecular complexity index is 509. The highest BCUT2D eigenvalue weighted by Crippen LogP contribution is 2.28. The average molecular weight is 293 g/mol. The molecular formula is C16H23NO4. The zero-order valence-corrected chi connectivity index (χ0v) is 13.0. The van der Waals surface area contributed by atoms with Crippen LogP contribution < -0.4 is 14.8 Å². The molecule has 0 saturated heterocycles. The molecule has 1 aromatic rings. The summed E-state index contributed by atoms with van der Waals surface area (Å²) < 4.78 is 10.7. The molecule has 0 spiro atoms. The number of carbonyl (C=O) groups is 1. The second kappa shape index (κ2) is 7.69. The van der Waals surface area contributed by atoms with Crippen molar-refractivity contribution in [1.29, 1.82) is 0 Å². The van der Waals surface area contributed by atoms with Gasteiger partial charge in [0, 0.05) is 6.08 Å². The third-order valence-electron chi connectivity index (χ3n) is 2.77. The molecular weight excluding hydrogens is 270 g/mol. The fraction of sp³-hybridized carbons (Fsp3) is 0.438. The summed E-state index contributed by atoms with van der Waals surface area (Å²) in [6, 6.07) is 5.44. The summed E-state index contributed by atoms with van der Waals surface area (Å²) in [5, 5.41) is 11.8. The van der Waals surface area contributed by atoms with Gasteiger partial charge >= 0.3 is 0 Å². The monoisotopic (exact) mass is 293 g/mol. The maximum Gasteiger partial charge on any atom is 0.244 e. The number of benzene rings is 1. The van der Waals surface area contributed by atoms with Gasteiger partial charge in [0.1, 0.15) is 0 Å². The zero-order valence-electron chi connectivity index (χ0n) is 13.0. The standard InChI is InChI=1S/C16H23NO4/c1-5-21-13-8-6-12(10-14(13)20-4)7-9-15(19)17-16(2,3)11-18/h6-10,18H,5,11H2,1-4H3,(H,17,19)/b9-7+. The average Bonchev–Trinajstić information content (AvgIpc) is 2.46. The van der Waals surface area contributed by atoms with Gasteiger partial charge in [-0.15, -0.1) is 0 Å². The highest BCUT2D eigenvalue weighted by molar-refractivity contribution is 5.92. The van der Waals surface area contributed by atoms with Crippen LogP contribution in [-0.4, -0.2) is 36.9 Å². The first-order chi connectivity index (χ1) is 9.91. The Kier molecular flexibility index (Phi) is 6.24. The third kappa shape index (κ3) is 5.47. The zero-order chi connectivity index (χ0) is 15.9. The number of methoxy groups -OCH3 is 1. The lowest BCUT2D eigenvalue weighted by Crippen LogP contribution is -2.45. The Hall–Kier alpha value is -2.01. The molecule has 0 unspecified atom stereocenters. The van der Waals surface area contributed by atoms with E-state index in [0.29, 0.717) is 18.1 Å². The summed E-state index contributed by atoms with van der Waals surface area (Å²) in [4.78, 5) is 11.7. The molecule has 21 heavy (non-hydrogen) atoms. The molecule has 0 aliphatic heterocycles. The van der Waals surface area contributed by atoms with E-state index < -0.39 is 5.54 Å². The van der Waals surface area contributed by atoms with Gasteiger partial charge in [0.05, 0.1) is 25.9 Å². The summed E-state index contributed by atoms with van der Waals surface area (Å²) in [6.45, 7) is 5.84. The second-order valence-corrected chi connectivity index (χ2v) is 5.21. The normalized spacial score (nSPS) is 11.5. The molecule has 0 heterocycles. The number of rotatable bonds is 7. The molecule has 2 N–H and O–H groups in total. The van der Waals surface area contributed by atoms with Crippen LogP contribution in [0.3, 0.4) is 0 Å². The van der Waals surface area contributed by atoms with E-state index in [0.717, 1.165) is 5.56 Å². The topological polar surface area (TPSA) is 67.8 Å². The molecule has 0 aliphatic rings. The molecule has 0 bridgehead atoms. The Morgan fingerprint density at radius 3 is 2.67 bits per heavy atom. The van der Waals surface area contributed by atoms with Crippen LogP contribution in [0.4, 0.5) is 0 Å². The molecule has 116 valence electrons. The lowest BCUT2D eigenvalue weighted by Gasteiger charge is -2.22. The van der Waals surface area contributed by atoms with Gasteiger partial charge in [-0.3, -0.25) is 4.79 Å². The van der Waals surface area contributed by atoms with E-state index in [-0.39, 0.29) is 12.5 Å². The Morgan fingerprint density at radius 2 is 2.10 bits per heavy atom. The van der Waals surface area contributed by atoms with Crippen LogP contribution >= 0.6 is 0 Å². The molecule has 1 rings (SSSR count). The highest BCUT2D eigenvalue weighted by Gasteiger charge is 2.17. The van der Waals surface area contributed by atoms with Crippen molar-refractivity contribution in [2.24, 2.45) is 0 Å². The van der Waals surface area contributed by atoms with Crippen LogP contribution in [0.15, 0.2) is 24.3 Å². The SMILES string of the molecule is CCOc1ccc(/C=C/C(=O)NC(C)(C)CO)cc1OC. The minimum Gasteiger partial charge on any atom is -0.493 e. The van der Waals surface area contributed by atoms with E-state index in [2.05, 4.69) is 5.32 Å². The lowest BCUT2D eigenvalue weighted by atomic mass is 10.1. The first-order valence-corrected chi connectivity index (χ1v) is 6.83. The summed E-state index contributed by atoms with van der Waals surface area (Å²) >= 11 is 0. The van der Waals surface area contributed by atoms with Crippen molar-refractivity contribution in [2.75, 3.05) is 20.3 Å². The number of carbonyl (C=O) groups excluding carboxylic acids is 1. The fourth-order valence-electron chi connectivity index (χ4n) is 1.65. The predicted molar refractivity (Wildman–Crippen MR) is 82.5 cm³/mol. The van der Waals surface area contributed by atoms with Gasteiger partial charge in [0.25, 0.3) is 0 Å². The van der Waals surface area contributed by atoms with E-state index >= 15 is 0 Å². The highest BCUT2D eigenvalue weighted by atomic mass is 16.5. The van der Waals surface area contributed by atoms with Crippen LogP contribution in [0, 0.1) is 0 Å². The van der Waals surface area contributed by atoms with Crippen molar-refractivity contribution in [3.63, 3.8) is 0 Å². The van der Waals surface area contributed by atoms with Gasteiger partial charge in [0.15, 0.2) is 11.5 Å². The van der Waals surface area contributed by atoms with Gasteiger partial charge in [-0.05, 0) is 44.5 Å². The maximum atomic E-state index is 11.7. The maximum absolute atomic E-state index is 11.7. The molecule has 0 aliphatic carbocycles. The quantitative estimate of drug-likeness (QED) is 0.755. The summed E-state index contributed by atoms with van der Waals surface area (Å²) in [5.41, 5.74) is 0.185. The van der Waals surface area contributed by atoms with Gasteiger partial charge in [-0.2, -0.15) is 0 Å². The summed E-state index contributed by atoms with van der Waals surface area (Å²) in [5.74, 6) is 1.03. The minimum absolute atomic E-state index is 0.122. The Morgan fingerprint density at radius 1 is 1.38 bits per heavy atom. The molecule has 0 saturated carbocycles. The van der Waals surface area contributed by atoms with E-state index in [1.165, 1.54) is 6.08 Å².